The zero-order chi connectivity index (χ0) is 22.1. The number of aryl methyl sites for hydroxylation is 1. The number of carbonyl (C=O) groups is 2. The summed E-state index contributed by atoms with van der Waals surface area (Å²) >= 11 is 14.2. The van der Waals surface area contributed by atoms with Crippen molar-refractivity contribution >= 4 is 46.8 Å². The quantitative estimate of drug-likeness (QED) is 0.504. The smallest absolute Gasteiger partial charge is 0.242 e. The highest BCUT2D eigenvalue weighted by Crippen LogP contribution is 2.27. The lowest BCUT2D eigenvalue weighted by atomic mass is 10.1. The topological polar surface area (TPSA) is 49.4 Å². The van der Waals surface area contributed by atoms with Crippen LogP contribution in [0.2, 0.25) is 10.0 Å². The van der Waals surface area contributed by atoms with Crippen LogP contribution in [0.5, 0.6) is 0 Å². The molecular formula is C23H28Cl2N2O2S. The third kappa shape index (κ3) is 7.22. The Hall–Kier alpha value is -1.69. The van der Waals surface area contributed by atoms with Gasteiger partial charge in [-0.3, -0.25) is 9.59 Å². The molecule has 30 heavy (non-hydrogen) atoms. The van der Waals surface area contributed by atoms with E-state index in [9.17, 15) is 9.59 Å². The van der Waals surface area contributed by atoms with Crippen LogP contribution in [0.1, 0.15) is 37.0 Å². The van der Waals surface area contributed by atoms with Crippen LogP contribution in [0.3, 0.4) is 0 Å². The van der Waals surface area contributed by atoms with Gasteiger partial charge in [0.15, 0.2) is 0 Å². The van der Waals surface area contributed by atoms with Crippen molar-refractivity contribution in [3.8, 4) is 0 Å². The van der Waals surface area contributed by atoms with Crippen molar-refractivity contribution in [1.29, 1.82) is 0 Å². The maximum atomic E-state index is 13.1. The Balaban J connectivity index is 2.11. The first-order valence-corrected chi connectivity index (χ1v) is 11.9. The number of carbonyl (C=O) groups excluding carboxylic acids is 2. The van der Waals surface area contributed by atoms with Gasteiger partial charge in [-0.15, -0.1) is 11.8 Å². The highest BCUT2D eigenvalue weighted by Gasteiger charge is 2.27. The number of halogens is 2. The van der Waals surface area contributed by atoms with Gasteiger partial charge in [0.25, 0.3) is 0 Å². The van der Waals surface area contributed by atoms with Crippen LogP contribution < -0.4 is 5.32 Å². The Morgan fingerprint density at radius 2 is 1.73 bits per heavy atom. The predicted octanol–water partition coefficient (Wildman–Crippen LogP) is 5.48. The molecule has 0 heterocycles. The Bertz CT molecular complexity index is 839. The molecule has 0 saturated carbocycles. The molecule has 1 atom stereocenters. The molecule has 0 bridgehead atoms. The fourth-order valence-corrected chi connectivity index (χ4v) is 4.24. The monoisotopic (exact) mass is 466 g/mol. The lowest BCUT2D eigenvalue weighted by Gasteiger charge is -2.29. The summed E-state index contributed by atoms with van der Waals surface area (Å²) in [5, 5.41) is 3.82. The molecule has 2 aromatic carbocycles. The molecule has 162 valence electrons. The lowest BCUT2D eigenvalue weighted by molar-refractivity contribution is -0.138. The maximum absolute atomic E-state index is 13.1. The van der Waals surface area contributed by atoms with Crippen LogP contribution in [-0.2, 0) is 21.9 Å². The van der Waals surface area contributed by atoms with Crippen LogP contribution in [0.15, 0.2) is 42.5 Å². The number of hydrogen-bond donors (Lipinski definition) is 1. The Kier molecular flexibility index (Phi) is 10.0. The number of benzene rings is 2. The second kappa shape index (κ2) is 12.2. The van der Waals surface area contributed by atoms with Crippen molar-refractivity contribution in [3.63, 3.8) is 0 Å². The highest BCUT2D eigenvalue weighted by molar-refractivity contribution is 7.99. The van der Waals surface area contributed by atoms with Gasteiger partial charge in [-0.1, -0.05) is 66.0 Å². The minimum atomic E-state index is -0.628. The number of rotatable bonds is 10. The van der Waals surface area contributed by atoms with Gasteiger partial charge in [-0.2, -0.15) is 0 Å². The summed E-state index contributed by atoms with van der Waals surface area (Å²) in [6.07, 6.45) is 0.829. The summed E-state index contributed by atoms with van der Waals surface area (Å²) in [5.41, 5.74) is 3.01. The molecule has 2 aromatic rings. The van der Waals surface area contributed by atoms with E-state index in [4.69, 9.17) is 23.2 Å². The summed E-state index contributed by atoms with van der Waals surface area (Å²) in [5.74, 6) is 0.684. The first-order chi connectivity index (χ1) is 14.3. The molecule has 2 rings (SSSR count). The Morgan fingerprint density at radius 1 is 1.10 bits per heavy atom. The first kappa shape index (κ1) is 24.6. The number of nitrogens with zero attached hydrogens (tertiary/aromatic N) is 1. The molecule has 0 radical (unpaired) electrons. The summed E-state index contributed by atoms with van der Waals surface area (Å²) in [6.45, 7) is 6.52. The number of hydrogen-bond acceptors (Lipinski definition) is 3. The number of amides is 2. The van der Waals surface area contributed by atoms with E-state index in [1.807, 2.05) is 13.8 Å². The van der Waals surface area contributed by atoms with Gasteiger partial charge in [0, 0.05) is 34.5 Å². The maximum Gasteiger partial charge on any atom is 0.242 e. The van der Waals surface area contributed by atoms with Gasteiger partial charge in [-0.05, 0) is 38.0 Å². The summed E-state index contributed by atoms with van der Waals surface area (Å²) in [4.78, 5) is 27.2. The van der Waals surface area contributed by atoms with Gasteiger partial charge < -0.3 is 10.2 Å². The van der Waals surface area contributed by atoms with Crippen LogP contribution in [-0.4, -0.2) is 35.1 Å². The van der Waals surface area contributed by atoms with Crippen molar-refractivity contribution in [2.45, 2.75) is 45.5 Å². The summed E-state index contributed by atoms with van der Waals surface area (Å²) < 4.78 is 0. The van der Waals surface area contributed by atoms with E-state index in [1.165, 1.54) is 17.3 Å². The van der Waals surface area contributed by atoms with E-state index in [1.54, 1.807) is 30.0 Å². The molecule has 1 N–H and O–H groups in total. The average molecular weight is 467 g/mol. The van der Waals surface area contributed by atoms with Crippen molar-refractivity contribution in [1.82, 2.24) is 10.2 Å². The van der Waals surface area contributed by atoms with Gasteiger partial charge in [0.1, 0.15) is 6.04 Å². The van der Waals surface area contributed by atoms with E-state index >= 15 is 0 Å². The van der Waals surface area contributed by atoms with E-state index in [-0.39, 0.29) is 24.1 Å². The fraction of sp³-hybridized carbons (Fsp3) is 0.391. The van der Waals surface area contributed by atoms with Crippen LogP contribution >= 0.6 is 35.0 Å². The largest absolute Gasteiger partial charge is 0.354 e. The molecule has 0 aliphatic rings. The van der Waals surface area contributed by atoms with Gasteiger partial charge >= 0.3 is 0 Å². The summed E-state index contributed by atoms with van der Waals surface area (Å²) in [7, 11) is 0. The molecule has 4 nitrogen and oxygen atoms in total. The Labute approximate surface area is 193 Å². The Morgan fingerprint density at radius 3 is 2.33 bits per heavy atom. The molecule has 7 heteroatoms. The predicted molar refractivity (Wildman–Crippen MR) is 127 cm³/mol. The zero-order valence-electron chi connectivity index (χ0n) is 17.6. The van der Waals surface area contributed by atoms with Crippen LogP contribution in [0, 0.1) is 6.92 Å². The molecule has 0 aromatic heterocycles. The van der Waals surface area contributed by atoms with Crippen LogP contribution in [0.4, 0.5) is 0 Å². The minimum Gasteiger partial charge on any atom is -0.354 e. The van der Waals surface area contributed by atoms with Crippen molar-refractivity contribution < 1.29 is 9.59 Å². The van der Waals surface area contributed by atoms with E-state index < -0.39 is 6.04 Å². The third-order valence-corrected chi connectivity index (χ3v) is 6.42. The fourth-order valence-electron chi connectivity index (χ4n) is 2.86. The molecule has 0 aliphatic heterocycles. The van der Waals surface area contributed by atoms with Gasteiger partial charge in [-0.25, -0.2) is 0 Å². The lowest BCUT2D eigenvalue weighted by Crippen LogP contribution is -2.48. The average Bonchev–Trinajstić information content (AvgIpc) is 2.72. The molecule has 0 aliphatic carbocycles. The van der Waals surface area contributed by atoms with Gasteiger partial charge in [0.05, 0.1) is 5.75 Å². The normalized spacial score (nSPS) is 11.8. The molecule has 2 amide bonds. The standard InChI is InChI=1S/C23H28Cl2N2O2S/c1-4-12-26-23(29)17(3)27(13-19-20(24)6-5-7-21(19)25)22(28)15-30-14-18-10-8-16(2)9-11-18/h5-11,17H,4,12-15H2,1-3H3,(H,26,29). The third-order valence-electron chi connectivity index (χ3n) is 4.72. The minimum absolute atomic E-state index is 0.123. The van der Waals surface area contributed by atoms with Crippen molar-refractivity contribution in [3.05, 3.63) is 69.2 Å². The van der Waals surface area contributed by atoms with Gasteiger partial charge in [0.2, 0.25) is 11.8 Å². The number of thioether (sulfide) groups is 1. The second-order valence-corrected chi connectivity index (χ2v) is 8.97. The van der Waals surface area contributed by atoms with E-state index in [0.717, 1.165) is 17.7 Å². The van der Waals surface area contributed by atoms with E-state index in [0.29, 0.717) is 22.2 Å². The number of nitrogens with one attached hydrogen (secondary N) is 1. The zero-order valence-corrected chi connectivity index (χ0v) is 19.9. The summed E-state index contributed by atoms with van der Waals surface area (Å²) in [6, 6.07) is 12.8. The van der Waals surface area contributed by atoms with Crippen molar-refractivity contribution in [2.75, 3.05) is 12.3 Å². The van der Waals surface area contributed by atoms with Crippen molar-refractivity contribution in [2.24, 2.45) is 0 Å². The molecule has 0 spiro atoms. The second-order valence-electron chi connectivity index (χ2n) is 7.17. The molecule has 0 saturated heterocycles. The van der Waals surface area contributed by atoms with E-state index in [2.05, 4.69) is 29.6 Å². The first-order valence-electron chi connectivity index (χ1n) is 9.96. The SMILES string of the molecule is CCCNC(=O)C(C)N(Cc1c(Cl)cccc1Cl)C(=O)CSCc1ccc(C)cc1. The molecular weight excluding hydrogens is 439 g/mol. The molecule has 1 unspecified atom stereocenters. The molecule has 0 fully saturated rings. The van der Waals surface area contributed by atoms with Crippen LogP contribution in [0.25, 0.3) is 0 Å². The highest BCUT2D eigenvalue weighted by atomic mass is 35.5.